The predicted molar refractivity (Wildman–Crippen MR) is 128 cm³/mol. The van der Waals surface area contributed by atoms with Crippen molar-refractivity contribution < 1.29 is 13.2 Å². The first-order valence-corrected chi connectivity index (χ1v) is 12.1. The molecule has 0 bridgehead atoms. The van der Waals surface area contributed by atoms with E-state index in [2.05, 4.69) is 16.8 Å². The van der Waals surface area contributed by atoms with Crippen molar-refractivity contribution >= 4 is 20.7 Å². The summed E-state index contributed by atoms with van der Waals surface area (Å²) in [5.74, 6) is 7.05. The summed E-state index contributed by atoms with van der Waals surface area (Å²) in [5.41, 5.74) is 3.01. The third-order valence-corrected chi connectivity index (χ3v) is 6.32. The molecule has 0 N–H and O–H groups in total. The maximum Gasteiger partial charge on any atom is 0.261 e. The van der Waals surface area contributed by atoms with Crippen LogP contribution in [-0.4, -0.2) is 31.3 Å². The van der Waals surface area contributed by atoms with E-state index in [0.29, 0.717) is 17.3 Å². The minimum Gasteiger partial charge on any atom is -0.497 e. The number of methoxy groups -OCH3 is 1. The highest BCUT2D eigenvalue weighted by Gasteiger charge is 2.08. The lowest BCUT2D eigenvalue weighted by Gasteiger charge is -2.08. The molecule has 0 unspecified atom stereocenters. The second-order valence-corrected chi connectivity index (χ2v) is 9.67. The predicted octanol–water partition coefficient (Wildman–Crippen LogP) is 3.45. The molecule has 3 aromatic carbocycles. The van der Waals surface area contributed by atoms with Crippen molar-refractivity contribution in [2.45, 2.75) is 17.9 Å². The Bertz CT molecular complexity index is 1540. The Hall–Kier alpha value is -3.89. The average molecular weight is 459 g/mol. The zero-order valence-electron chi connectivity index (χ0n) is 18.3. The van der Waals surface area contributed by atoms with Gasteiger partial charge in [0.25, 0.3) is 5.56 Å². The fraction of sp³-hybridized carbons (Fsp3) is 0.154. The minimum atomic E-state index is -3.26. The van der Waals surface area contributed by atoms with Crippen molar-refractivity contribution in [3.63, 3.8) is 0 Å². The van der Waals surface area contributed by atoms with Crippen LogP contribution in [0.5, 0.6) is 5.75 Å². The lowest BCUT2D eigenvalue weighted by molar-refractivity contribution is 0.414. The molecule has 1 aromatic heterocycles. The van der Waals surface area contributed by atoms with Crippen LogP contribution in [0.15, 0.2) is 82.7 Å². The van der Waals surface area contributed by atoms with Gasteiger partial charge >= 0.3 is 0 Å². The molecule has 0 saturated carbocycles. The van der Waals surface area contributed by atoms with E-state index in [1.807, 2.05) is 30.3 Å². The summed E-state index contributed by atoms with van der Waals surface area (Å²) < 4.78 is 30.0. The first-order chi connectivity index (χ1) is 15.8. The number of benzene rings is 3. The second-order valence-electron chi connectivity index (χ2n) is 7.66. The van der Waals surface area contributed by atoms with Crippen molar-refractivity contribution in [3.05, 3.63) is 100 Å². The van der Waals surface area contributed by atoms with Crippen molar-refractivity contribution in [3.8, 4) is 17.6 Å². The van der Waals surface area contributed by atoms with Crippen LogP contribution in [0.4, 0.5) is 0 Å². The molecule has 0 aliphatic rings. The lowest BCUT2D eigenvalue weighted by Crippen LogP contribution is -2.21. The molecule has 0 atom stereocenters. The number of hydrogen-bond acceptors (Lipinski definition) is 5. The van der Waals surface area contributed by atoms with Gasteiger partial charge in [0.15, 0.2) is 9.84 Å². The Labute approximate surface area is 192 Å². The zero-order chi connectivity index (χ0) is 23.4. The fourth-order valence-electron chi connectivity index (χ4n) is 3.42. The van der Waals surface area contributed by atoms with Gasteiger partial charge in [-0.2, -0.15) is 0 Å². The van der Waals surface area contributed by atoms with Gasteiger partial charge in [-0.05, 0) is 53.6 Å². The minimum absolute atomic E-state index is 0.177. The van der Waals surface area contributed by atoms with Crippen molar-refractivity contribution in [1.29, 1.82) is 0 Å². The molecule has 0 amide bonds. The van der Waals surface area contributed by atoms with Crippen LogP contribution in [-0.2, 0) is 22.8 Å². The molecule has 0 fully saturated rings. The first-order valence-electron chi connectivity index (χ1n) is 10.2. The highest BCUT2D eigenvalue weighted by Crippen LogP contribution is 2.14. The largest absolute Gasteiger partial charge is 0.497 e. The summed E-state index contributed by atoms with van der Waals surface area (Å²) in [4.78, 5) is 17.7. The number of nitrogens with zero attached hydrogens (tertiary/aromatic N) is 2. The molecule has 0 aliphatic heterocycles. The Morgan fingerprint density at radius 2 is 1.79 bits per heavy atom. The number of rotatable bonds is 5. The van der Waals surface area contributed by atoms with Gasteiger partial charge in [0.2, 0.25) is 0 Å². The molecule has 1 heterocycles. The molecule has 4 aromatic rings. The van der Waals surface area contributed by atoms with E-state index in [9.17, 15) is 13.2 Å². The van der Waals surface area contributed by atoms with Crippen LogP contribution in [0.2, 0.25) is 0 Å². The summed E-state index contributed by atoms with van der Waals surface area (Å²) in [6, 6.07) is 19.6. The molecule has 0 saturated heterocycles. The summed E-state index contributed by atoms with van der Waals surface area (Å²) in [6.45, 7) is 0.289. The molecule has 33 heavy (non-hydrogen) atoms. The van der Waals surface area contributed by atoms with E-state index in [0.717, 1.165) is 28.7 Å². The third kappa shape index (κ3) is 5.30. The highest BCUT2D eigenvalue weighted by molar-refractivity contribution is 7.90. The molecule has 0 spiro atoms. The first kappa shape index (κ1) is 22.3. The van der Waals surface area contributed by atoms with Crippen LogP contribution >= 0.6 is 0 Å². The van der Waals surface area contributed by atoms with E-state index in [1.165, 1.54) is 10.9 Å². The number of aromatic nitrogens is 2. The maximum atomic E-state index is 13.0. The number of hydrogen-bond donors (Lipinski definition) is 0. The summed E-state index contributed by atoms with van der Waals surface area (Å²) in [5, 5.41) is 0.485. The van der Waals surface area contributed by atoms with E-state index in [-0.39, 0.29) is 17.0 Å². The second kappa shape index (κ2) is 9.31. The van der Waals surface area contributed by atoms with E-state index >= 15 is 0 Å². The summed E-state index contributed by atoms with van der Waals surface area (Å²) in [6.07, 6.45) is 3.23. The molecule has 166 valence electrons. The van der Waals surface area contributed by atoms with Crippen LogP contribution in [0.1, 0.15) is 16.7 Å². The van der Waals surface area contributed by atoms with E-state index in [4.69, 9.17) is 4.74 Å². The van der Waals surface area contributed by atoms with Crippen LogP contribution in [0.25, 0.3) is 10.9 Å². The molecule has 4 rings (SSSR count). The summed E-state index contributed by atoms with van der Waals surface area (Å²) in [7, 11) is -1.63. The van der Waals surface area contributed by atoms with Gasteiger partial charge in [0, 0.05) is 18.2 Å². The van der Waals surface area contributed by atoms with Crippen LogP contribution < -0.4 is 10.3 Å². The molecule has 7 heteroatoms. The highest BCUT2D eigenvalue weighted by atomic mass is 32.2. The fourth-order valence-corrected chi connectivity index (χ4v) is 4.05. The topological polar surface area (TPSA) is 78.3 Å². The average Bonchev–Trinajstić information content (AvgIpc) is 2.81. The van der Waals surface area contributed by atoms with Gasteiger partial charge in [-0.15, -0.1) is 0 Å². The summed E-state index contributed by atoms with van der Waals surface area (Å²) >= 11 is 0. The lowest BCUT2D eigenvalue weighted by atomic mass is 10.1. The smallest absolute Gasteiger partial charge is 0.261 e. The Balaban J connectivity index is 1.58. The standard InChI is InChI=1S/C26H22N2O4S/c1-32-22-8-4-7-19(15-22)5-3-6-20-11-14-25-24(16-20)26(29)28(18-27-25)17-21-9-12-23(13-10-21)33(2,30)31/h4,7-16,18H,5,17H2,1-2H3. The molecular formula is C26H22N2O4S. The Kier molecular flexibility index (Phi) is 6.29. The number of ether oxygens (including phenoxy) is 1. The molecular weight excluding hydrogens is 436 g/mol. The quantitative estimate of drug-likeness (QED) is 0.428. The SMILES string of the molecule is COc1cccc(CC#Cc2ccc3ncn(Cc4ccc(S(C)(=O)=O)cc4)c(=O)c3c2)c1. The van der Waals surface area contributed by atoms with Crippen molar-refractivity contribution in [2.75, 3.05) is 13.4 Å². The third-order valence-electron chi connectivity index (χ3n) is 5.19. The van der Waals surface area contributed by atoms with Gasteiger partial charge in [-0.3, -0.25) is 9.36 Å². The molecule has 6 nitrogen and oxygen atoms in total. The molecule has 0 aliphatic carbocycles. The van der Waals surface area contributed by atoms with Gasteiger partial charge < -0.3 is 4.74 Å². The van der Waals surface area contributed by atoms with Gasteiger partial charge in [-0.25, -0.2) is 13.4 Å². The Morgan fingerprint density at radius 1 is 1.00 bits per heavy atom. The van der Waals surface area contributed by atoms with Crippen LogP contribution in [0, 0.1) is 11.8 Å². The van der Waals surface area contributed by atoms with Crippen molar-refractivity contribution in [1.82, 2.24) is 9.55 Å². The zero-order valence-corrected chi connectivity index (χ0v) is 19.1. The normalized spacial score (nSPS) is 11.1. The van der Waals surface area contributed by atoms with Gasteiger partial charge in [0.05, 0.1) is 35.8 Å². The van der Waals surface area contributed by atoms with Gasteiger partial charge in [-0.1, -0.05) is 36.1 Å². The number of fused-ring (bicyclic) bond motifs is 1. The number of sulfone groups is 1. The molecule has 0 radical (unpaired) electrons. The monoisotopic (exact) mass is 458 g/mol. The Morgan fingerprint density at radius 3 is 2.52 bits per heavy atom. The van der Waals surface area contributed by atoms with Crippen molar-refractivity contribution in [2.24, 2.45) is 0 Å². The maximum absolute atomic E-state index is 13.0. The van der Waals surface area contributed by atoms with E-state index < -0.39 is 9.84 Å². The van der Waals surface area contributed by atoms with E-state index in [1.54, 1.807) is 43.5 Å². The van der Waals surface area contributed by atoms with Crippen LogP contribution in [0.3, 0.4) is 0 Å². The van der Waals surface area contributed by atoms with Gasteiger partial charge in [0.1, 0.15) is 5.75 Å².